The predicted octanol–water partition coefficient (Wildman–Crippen LogP) is 2.45. The zero-order valence-electron chi connectivity index (χ0n) is 11.7. The molecule has 1 aromatic carbocycles. The molecule has 2 atom stereocenters. The molecule has 0 amide bonds. The highest BCUT2D eigenvalue weighted by molar-refractivity contribution is 7.91. The van der Waals surface area contributed by atoms with Crippen LogP contribution in [0.3, 0.4) is 0 Å². The minimum Gasteiger partial charge on any atom is -0.487 e. The molecule has 0 heterocycles. The SMILES string of the molecule is Cc1cc(OC2CCCC(S(C)(=O)=O)C2)c(F)cc1N. The van der Waals surface area contributed by atoms with E-state index in [9.17, 15) is 12.8 Å². The lowest BCUT2D eigenvalue weighted by atomic mass is 9.97. The molecule has 20 heavy (non-hydrogen) atoms. The molecule has 1 aliphatic carbocycles. The maximum atomic E-state index is 13.8. The Labute approximate surface area is 119 Å². The van der Waals surface area contributed by atoms with Crippen LogP contribution in [0, 0.1) is 12.7 Å². The molecule has 2 rings (SSSR count). The van der Waals surface area contributed by atoms with Crippen LogP contribution >= 0.6 is 0 Å². The average molecular weight is 301 g/mol. The molecular weight excluding hydrogens is 281 g/mol. The third kappa shape index (κ3) is 3.42. The lowest BCUT2D eigenvalue weighted by Gasteiger charge is -2.28. The van der Waals surface area contributed by atoms with Crippen LogP contribution in [0.5, 0.6) is 5.75 Å². The van der Waals surface area contributed by atoms with Crippen LogP contribution in [0.15, 0.2) is 12.1 Å². The summed E-state index contributed by atoms with van der Waals surface area (Å²) in [5.41, 5.74) is 6.76. The lowest BCUT2D eigenvalue weighted by molar-refractivity contribution is 0.150. The van der Waals surface area contributed by atoms with Gasteiger partial charge in [-0.3, -0.25) is 0 Å². The first-order chi connectivity index (χ1) is 9.27. The number of nitrogens with two attached hydrogens (primary N) is 1. The second-order valence-corrected chi connectivity index (χ2v) is 7.82. The predicted molar refractivity (Wildman–Crippen MR) is 77.1 cm³/mol. The maximum Gasteiger partial charge on any atom is 0.167 e. The van der Waals surface area contributed by atoms with Crippen molar-refractivity contribution >= 4 is 15.5 Å². The summed E-state index contributed by atoms with van der Waals surface area (Å²) in [6.45, 7) is 1.78. The van der Waals surface area contributed by atoms with E-state index in [2.05, 4.69) is 0 Å². The number of benzene rings is 1. The summed E-state index contributed by atoms with van der Waals surface area (Å²) in [6, 6.07) is 2.80. The van der Waals surface area contributed by atoms with Crippen molar-refractivity contribution in [3.05, 3.63) is 23.5 Å². The van der Waals surface area contributed by atoms with Crippen molar-refractivity contribution in [3.63, 3.8) is 0 Å². The van der Waals surface area contributed by atoms with Crippen molar-refractivity contribution in [3.8, 4) is 5.75 Å². The largest absolute Gasteiger partial charge is 0.487 e. The number of nitrogen functional groups attached to an aromatic ring is 1. The van der Waals surface area contributed by atoms with Crippen LogP contribution in [0.1, 0.15) is 31.2 Å². The Hall–Kier alpha value is -1.30. The Kier molecular flexibility index (Phi) is 4.22. The highest BCUT2D eigenvalue weighted by Crippen LogP contribution is 2.30. The summed E-state index contributed by atoms with van der Waals surface area (Å²) in [6.07, 6.45) is 3.57. The molecule has 0 spiro atoms. The third-order valence-electron chi connectivity index (χ3n) is 3.80. The summed E-state index contributed by atoms with van der Waals surface area (Å²) in [7, 11) is -3.07. The number of aryl methyl sites for hydroxylation is 1. The summed E-state index contributed by atoms with van der Waals surface area (Å²) in [5, 5.41) is -0.390. The van der Waals surface area contributed by atoms with Crippen LogP contribution in [0.2, 0.25) is 0 Å². The molecule has 4 nitrogen and oxygen atoms in total. The van der Waals surface area contributed by atoms with Crippen LogP contribution in [0.25, 0.3) is 0 Å². The monoisotopic (exact) mass is 301 g/mol. The Balaban J connectivity index is 2.12. The van der Waals surface area contributed by atoms with Gasteiger partial charge < -0.3 is 10.5 Å². The average Bonchev–Trinajstić information content (AvgIpc) is 2.35. The molecule has 0 radical (unpaired) electrons. The van der Waals surface area contributed by atoms with Gasteiger partial charge in [0.05, 0.1) is 5.25 Å². The number of hydrogen-bond donors (Lipinski definition) is 1. The van der Waals surface area contributed by atoms with Gasteiger partial charge >= 0.3 is 0 Å². The van der Waals surface area contributed by atoms with Crippen molar-refractivity contribution in [2.75, 3.05) is 12.0 Å². The molecule has 6 heteroatoms. The standard InChI is InChI=1S/C14H20FNO3S/c1-9-6-14(12(15)8-13(9)16)19-10-4-3-5-11(7-10)20(2,17)18/h6,8,10-11H,3-5,7,16H2,1-2H3. The normalized spacial score (nSPS) is 23.6. The van der Waals surface area contributed by atoms with Gasteiger partial charge in [-0.2, -0.15) is 0 Å². The van der Waals surface area contributed by atoms with Gasteiger partial charge in [0.1, 0.15) is 15.9 Å². The fraction of sp³-hybridized carbons (Fsp3) is 0.571. The van der Waals surface area contributed by atoms with Gasteiger partial charge in [0.2, 0.25) is 0 Å². The van der Waals surface area contributed by atoms with E-state index in [1.807, 2.05) is 0 Å². The number of hydrogen-bond acceptors (Lipinski definition) is 4. The maximum absolute atomic E-state index is 13.8. The van der Waals surface area contributed by atoms with E-state index >= 15 is 0 Å². The smallest absolute Gasteiger partial charge is 0.167 e. The molecule has 2 unspecified atom stereocenters. The summed E-state index contributed by atoms with van der Waals surface area (Å²) < 4.78 is 42.7. The quantitative estimate of drug-likeness (QED) is 0.871. The van der Waals surface area contributed by atoms with Crippen molar-refractivity contribution < 1.29 is 17.5 Å². The molecule has 1 aliphatic rings. The third-order valence-corrected chi connectivity index (χ3v) is 5.44. The Morgan fingerprint density at radius 3 is 2.70 bits per heavy atom. The van der Waals surface area contributed by atoms with Crippen molar-refractivity contribution in [2.24, 2.45) is 0 Å². The first-order valence-electron chi connectivity index (χ1n) is 6.68. The fourth-order valence-corrected chi connectivity index (χ4v) is 3.70. The van der Waals surface area contributed by atoms with Gasteiger partial charge in [0.25, 0.3) is 0 Å². The minimum atomic E-state index is -3.07. The van der Waals surface area contributed by atoms with Crippen LogP contribution in [0.4, 0.5) is 10.1 Å². The number of halogens is 1. The zero-order valence-corrected chi connectivity index (χ0v) is 12.5. The molecule has 0 aromatic heterocycles. The van der Waals surface area contributed by atoms with Gasteiger partial charge in [0.15, 0.2) is 11.6 Å². The highest BCUT2D eigenvalue weighted by Gasteiger charge is 2.30. The molecular formula is C14H20FNO3S. The first kappa shape index (κ1) is 15.1. The van der Waals surface area contributed by atoms with E-state index in [0.29, 0.717) is 18.5 Å². The van der Waals surface area contributed by atoms with Gasteiger partial charge in [0, 0.05) is 24.4 Å². The molecule has 2 N–H and O–H groups in total. The van der Waals surface area contributed by atoms with Gasteiger partial charge in [-0.15, -0.1) is 0 Å². The molecule has 0 saturated heterocycles. The van der Waals surface area contributed by atoms with E-state index in [-0.39, 0.29) is 17.1 Å². The van der Waals surface area contributed by atoms with Gasteiger partial charge in [-0.1, -0.05) is 0 Å². The summed E-state index contributed by atoms with van der Waals surface area (Å²) >= 11 is 0. The Bertz CT molecular complexity index is 601. The van der Waals surface area contributed by atoms with Crippen LogP contribution < -0.4 is 10.5 Å². The fourth-order valence-electron chi connectivity index (χ4n) is 2.54. The Morgan fingerprint density at radius 2 is 2.05 bits per heavy atom. The zero-order chi connectivity index (χ0) is 14.9. The van der Waals surface area contributed by atoms with Crippen LogP contribution in [-0.4, -0.2) is 26.0 Å². The second kappa shape index (κ2) is 5.60. The van der Waals surface area contributed by atoms with E-state index in [4.69, 9.17) is 10.5 Å². The molecule has 1 saturated carbocycles. The van der Waals surface area contributed by atoms with Crippen molar-refractivity contribution in [1.82, 2.24) is 0 Å². The van der Waals surface area contributed by atoms with Gasteiger partial charge in [-0.25, -0.2) is 12.8 Å². The van der Waals surface area contributed by atoms with E-state index in [1.54, 1.807) is 13.0 Å². The molecule has 0 bridgehead atoms. The van der Waals surface area contributed by atoms with Crippen molar-refractivity contribution in [1.29, 1.82) is 0 Å². The van der Waals surface area contributed by atoms with Crippen molar-refractivity contribution in [2.45, 2.75) is 44.0 Å². The van der Waals surface area contributed by atoms with E-state index in [1.165, 1.54) is 12.3 Å². The summed E-state index contributed by atoms with van der Waals surface area (Å²) in [5.74, 6) is -0.356. The lowest BCUT2D eigenvalue weighted by Crippen LogP contribution is -2.33. The van der Waals surface area contributed by atoms with E-state index in [0.717, 1.165) is 18.4 Å². The number of rotatable bonds is 3. The highest BCUT2D eigenvalue weighted by atomic mass is 32.2. The van der Waals surface area contributed by atoms with Crippen LogP contribution in [-0.2, 0) is 9.84 Å². The van der Waals surface area contributed by atoms with E-state index < -0.39 is 15.7 Å². The molecule has 0 aliphatic heterocycles. The second-order valence-electron chi connectivity index (χ2n) is 5.50. The first-order valence-corrected chi connectivity index (χ1v) is 8.64. The topological polar surface area (TPSA) is 69.4 Å². The number of ether oxygens (including phenoxy) is 1. The summed E-state index contributed by atoms with van der Waals surface area (Å²) in [4.78, 5) is 0. The molecule has 1 aromatic rings. The molecule has 112 valence electrons. The minimum absolute atomic E-state index is 0.149. The number of sulfone groups is 1. The van der Waals surface area contributed by atoms with Gasteiger partial charge in [-0.05, 0) is 37.8 Å². The Morgan fingerprint density at radius 1 is 1.35 bits per heavy atom. The molecule has 1 fully saturated rings. The number of anilines is 1.